The Morgan fingerprint density at radius 2 is 2.00 bits per heavy atom. The van der Waals surface area contributed by atoms with E-state index in [1.165, 1.54) is 0 Å². The van der Waals surface area contributed by atoms with Crippen molar-refractivity contribution in [3.05, 3.63) is 29.1 Å². The van der Waals surface area contributed by atoms with Crippen LogP contribution in [0, 0.1) is 12.7 Å². The lowest BCUT2D eigenvalue weighted by atomic mass is 10.0. The highest BCUT2D eigenvalue weighted by molar-refractivity contribution is 5.51. The molecule has 0 unspecified atom stereocenters. The zero-order valence-corrected chi connectivity index (χ0v) is 7.60. The van der Waals surface area contributed by atoms with E-state index < -0.39 is 5.54 Å². The van der Waals surface area contributed by atoms with Crippen LogP contribution in [-0.4, -0.2) is 0 Å². The van der Waals surface area contributed by atoms with E-state index in [1.807, 2.05) is 0 Å². The first-order valence-corrected chi connectivity index (χ1v) is 4.38. The zero-order valence-electron chi connectivity index (χ0n) is 7.60. The van der Waals surface area contributed by atoms with Crippen molar-refractivity contribution in [2.75, 3.05) is 5.73 Å². The fraction of sp³-hybridized carbons (Fsp3) is 0.400. The Labute approximate surface area is 76.7 Å². The van der Waals surface area contributed by atoms with Crippen molar-refractivity contribution in [1.82, 2.24) is 0 Å². The monoisotopic (exact) mass is 180 g/mol. The van der Waals surface area contributed by atoms with E-state index in [2.05, 4.69) is 0 Å². The lowest BCUT2D eigenvalue weighted by Crippen LogP contribution is -2.21. The molecule has 0 bridgehead atoms. The molecule has 0 aromatic heterocycles. The number of rotatable bonds is 1. The van der Waals surface area contributed by atoms with E-state index in [1.54, 1.807) is 19.1 Å². The fourth-order valence-electron chi connectivity index (χ4n) is 1.49. The van der Waals surface area contributed by atoms with Crippen molar-refractivity contribution < 1.29 is 4.39 Å². The summed E-state index contributed by atoms with van der Waals surface area (Å²) in [6, 6.07) is 3.42. The van der Waals surface area contributed by atoms with Gasteiger partial charge in [-0.05, 0) is 25.8 Å². The van der Waals surface area contributed by atoms with Crippen molar-refractivity contribution in [2.24, 2.45) is 5.73 Å². The average molecular weight is 180 g/mol. The fourth-order valence-corrected chi connectivity index (χ4v) is 1.49. The molecule has 1 aliphatic carbocycles. The highest BCUT2D eigenvalue weighted by Crippen LogP contribution is 2.44. The molecule has 2 nitrogen and oxygen atoms in total. The molecular formula is C10H13FN2. The second kappa shape index (κ2) is 2.45. The Morgan fingerprint density at radius 1 is 1.38 bits per heavy atom. The molecular weight excluding hydrogens is 167 g/mol. The quantitative estimate of drug-likeness (QED) is 0.646. The number of nitrogen functional groups attached to an aromatic ring is 1. The molecule has 1 fully saturated rings. The molecule has 0 saturated heterocycles. The highest BCUT2D eigenvalue weighted by Gasteiger charge is 2.42. The van der Waals surface area contributed by atoms with Gasteiger partial charge in [0.25, 0.3) is 0 Å². The van der Waals surface area contributed by atoms with Gasteiger partial charge in [-0.25, -0.2) is 4.39 Å². The minimum Gasteiger partial charge on any atom is -0.398 e. The number of anilines is 1. The molecule has 0 aliphatic heterocycles. The van der Waals surface area contributed by atoms with Gasteiger partial charge in [0.1, 0.15) is 5.82 Å². The maximum Gasteiger partial charge on any atom is 0.133 e. The standard InChI is InChI=1S/C10H13FN2/c1-6-8(12)3-2-7(9(6)11)10(13)4-5-10/h2-3H,4-5,12-13H2,1H3. The summed E-state index contributed by atoms with van der Waals surface area (Å²) in [5.41, 5.74) is 12.7. The van der Waals surface area contributed by atoms with Gasteiger partial charge in [-0.2, -0.15) is 0 Å². The summed E-state index contributed by atoms with van der Waals surface area (Å²) < 4.78 is 13.6. The molecule has 13 heavy (non-hydrogen) atoms. The molecule has 3 heteroatoms. The Morgan fingerprint density at radius 3 is 2.54 bits per heavy atom. The molecule has 0 amide bonds. The van der Waals surface area contributed by atoms with Crippen molar-refractivity contribution >= 4 is 5.69 Å². The van der Waals surface area contributed by atoms with Crippen molar-refractivity contribution in [2.45, 2.75) is 25.3 Å². The van der Waals surface area contributed by atoms with Gasteiger partial charge >= 0.3 is 0 Å². The topological polar surface area (TPSA) is 52.0 Å². The van der Waals surface area contributed by atoms with Crippen LogP contribution >= 0.6 is 0 Å². The number of nitrogens with two attached hydrogens (primary N) is 2. The van der Waals surface area contributed by atoms with Crippen LogP contribution in [0.1, 0.15) is 24.0 Å². The normalized spacial score (nSPS) is 18.7. The van der Waals surface area contributed by atoms with Crippen LogP contribution in [0.3, 0.4) is 0 Å². The molecule has 1 saturated carbocycles. The Balaban J connectivity index is 2.54. The maximum atomic E-state index is 13.6. The zero-order chi connectivity index (χ0) is 9.64. The molecule has 1 aromatic rings. The molecule has 1 aliphatic rings. The van der Waals surface area contributed by atoms with E-state index in [0.29, 0.717) is 16.8 Å². The van der Waals surface area contributed by atoms with Crippen LogP contribution in [0.2, 0.25) is 0 Å². The molecule has 2 rings (SSSR count). The van der Waals surface area contributed by atoms with E-state index in [-0.39, 0.29) is 5.82 Å². The van der Waals surface area contributed by atoms with Crippen LogP contribution in [0.4, 0.5) is 10.1 Å². The van der Waals surface area contributed by atoms with Gasteiger partial charge in [-0.3, -0.25) is 0 Å². The number of benzene rings is 1. The van der Waals surface area contributed by atoms with Gasteiger partial charge in [0, 0.05) is 22.4 Å². The molecule has 70 valence electrons. The Kier molecular flexibility index (Phi) is 1.60. The first-order valence-electron chi connectivity index (χ1n) is 4.38. The van der Waals surface area contributed by atoms with Crippen LogP contribution < -0.4 is 11.5 Å². The number of halogens is 1. The first-order chi connectivity index (χ1) is 6.04. The van der Waals surface area contributed by atoms with Crippen molar-refractivity contribution in [3.63, 3.8) is 0 Å². The Bertz CT molecular complexity index is 356. The van der Waals surface area contributed by atoms with Crippen LogP contribution in [0.15, 0.2) is 12.1 Å². The van der Waals surface area contributed by atoms with Gasteiger partial charge in [0.05, 0.1) is 0 Å². The predicted molar refractivity (Wildman–Crippen MR) is 50.6 cm³/mol. The molecule has 0 radical (unpaired) electrons. The van der Waals surface area contributed by atoms with Gasteiger partial charge in [0.2, 0.25) is 0 Å². The van der Waals surface area contributed by atoms with Crippen molar-refractivity contribution in [1.29, 1.82) is 0 Å². The summed E-state index contributed by atoms with van der Waals surface area (Å²) in [5.74, 6) is -0.236. The molecule has 0 spiro atoms. The van der Waals surface area contributed by atoms with Gasteiger partial charge < -0.3 is 11.5 Å². The largest absolute Gasteiger partial charge is 0.398 e. The summed E-state index contributed by atoms with van der Waals surface area (Å²) in [5, 5.41) is 0. The summed E-state index contributed by atoms with van der Waals surface area (Å²) in [6.07, 6.45) is 1.74. The third kappa shape index (κ3) is 1.20. The summed E-state index contributed by atoms with van der Waals surface area (Å²) in [4.78, 5) is 0. The molecule has 4 N–H and O–H groups in total. The van der Waals surface area contributed by atoms with E-state index in [9.17, 15) is 4.39 Å². The number of hydrogen-bond acceptors (Lipinski definition) is 2. The minimum absolute atomic E-state index is 0.236. The summed E-state index contributed by atoms with van der Waals surface area (Å²) in [6.45, 7) is 1.68. The van der Waals surface area contributed by atoms with E-state index >= 15 is 0 Å². The average Bonchev–Trinajstić information content (AvgIpc) is 2.80. The maximum absolute atomic E-state index is 13.6. The molecule has 0 atom stereocenters. The van der Waals surface area contributed by atoms with Crippen molar-refractivity contribution in [3.8, 4) is 0 Å². The Hall–Kier alpha value is -1.09. The first kappa shape index (κ1) is 8.51. The van der Waals surface area contributed by atoms with E-state index in [4.69, 9.17) is 11.5 Å². The second-order valence-electron chi connectivity index (χ2n) is 3.80. The summed E-state index contributed by atoms with van der Waals surface area (Å²) >= 11 is 0. The summed E-state index contributed by atoms with van der Waals surface area (Å²) in [7, 11) is 0. The SMILES string of the molecule is Cc1c(N)ccc(C2(N)CC2)c1F. The smallest absolute Gasteiger partial charge is 0.133 e. The lowest BCUT2D eigenvalue weighted by Gasteiger charge is -2.13. The van der Waals surface area contributed by atoms with Crippen LogP contribution in [0.5, 0.6) is 0 Å². The highest BCUT2D eigenvalue weighted by atomic mass is 19.1. The number of hydrogen-bond donors (Lipinski definition) is 2. The van der Waals surface area contributed by atoms with Crippen LogP contribution in [0.25, 0.3) is 0 Å². The van der Waals surface area contributed by atoms with E-state index in [0.717, 1.165) is 12.8 Å². The predicted octanol–water partition coefficient (Wildman–Crippen LogP) is 1.66. The van der Waals surface area contributed by atoms with Crippen LogP contribution in [-0.2, 0) is 5.54 Å². The van der Waals surface area contributed by atoms with Gasteiger partial charge in [-0.15, -0.1) is 0 Å². The molecule has 1 aromatic carbocycles. The lowest BCUT2D eigenvalue weighted by molar-refractivity contribution is 0.571. The molecule has 0 heterocycles. The minimum atomic E-state index is -0.414. The third-order valence-electron chi connectivity index (χ3n) is 2.75. The van der Waals surface area contributed by atoms with Gasteiger partial charge in [-0.1, -0.05) is 6.07 Å². The third-order valence-corrected chi connectivity index (χ3v) is 2.75. The van der Waals surface area contributed by atoms with Gasteiger partial charge in [0.15, 0.2) is 0 Å². The second-order valence-corrected chi connectivity index (χ2v) is 3.80.